The van der Waals surface area contributed by atoms with E-state index in [9.17, 15) is 9.59 Å². The fraction of sp³-hybridized carbons (Fsp3) is 0.800. The maximum absolute atomic E-state index is 10.4. The molecule has 0 bridgehead atoms. The first-order chi connectivity index (χ1) is 7.79. The topological polar surface area (TPSA) is 71.1 Å². The van der Waals surface area contributed by atoms with Gasteiger partial charge in [-0.15, -0.1) is 0 Å². The van der Waals surface area contributed by atoms with Gasteiger partial charge in [0.25, 0.3) is 0 Å². The van der Waals surface area contributed by atoms with E-state index in [0.717, 1.165) is 6.42 Å². The number of rotatable bonds is 0. The van der Waals surface area contributed by atoms with Gasteiger partial charge in [-0.2, -0.15) is 0 Å². The Morgan fingerprint density at radius 2 is 1.56 bits per heavy atom. The molecule has 16 heavy (non-hydrogen) atoms. The van der Waals surface area contributed by atoms with Gasteiger partial charge in [0.2, 0.25) is 0 Å². The maximum atomic E-state index is 10.4. The molecule has 0 amide bonds. The Morgan fingerprint density at radius 1 is 0.750 bits per heavy atom. The van der Waals surface area contributed by atoms with E-state index in [1.54, 1.807) is 0 Å². The molecule has 0 N–H and O–H groups in total. The van der Waals surface area contributed by atoms with Gasteiger partial charge in [-0.1, -0.05) is 0 Å². The zero-order chi connectivity index (χ0) is 11.6. The van der Waals surface area contributed by atoms with Crippen molar-refractivity contribution in [2.45, 2.75) is 12.8 Å². The van der Waals surface area contributed by atoms with Crippen LogP contribution < -0.4 is 0 Å². The predicted molar refractivity (Wildman–Crippen MR) is 52.8 cm³/mol. The maximum Gasteiger partial charge on any atom is 0.332 e. The minimum Gasteiger partial charge on any atom is -0.464 e. The Hall–Kier alpha value is -1.14. The monoisotopic (exact) mass is 232 g/mol. The molecular formula is C10H16O6. The summed E-state index contributed by atoms with van der Waals surface area (Å²) in [6.45, 7) is 2.76. The number of carbonyl (C=O) groups is 2. The van der Waals surface area contributed by atoms with E-state index in [1.807, 2.05) is 0 Å². The van der Waals surface area contributed by atoms with E-state index < -0.39 is 0 Å². The van der Waals surface area contributed by atoms with Crippen LogP contribution >= 0.6 is 0 Å². The standard InChI is InChI=1S/2C5H8O3/c6-5-1-2-7-3-4-8-5;6-5-4-7-2-1-3-8-5/h2*1-4H2. The molecule has 2 saturated heterocycles. The van der Waals surface area contributed by atoms with Crippen LogP contribution in [0.25, 0.3) is 0 Å². The molecule has 2 aliphatic rings. The van der Waals surface area contributed by atoms with Crippen LogP contribution in [0.15, 0.2) is 0 Å². The number of carbonyl (C=O) groups excluding carboxylic acids is 2. The Morgan fingerprint density at radius 3 is 2.44 bits per heavy atom. The van der Waals surface area contributed by atoms with Crippen LogP contribution in [-0.2, 0) is 28.5 Å². The number of hydrogen-bond acceptors (Lipinski definition) is 6. The van der Waals surface area contributed by atoms with Gasteiger partial charge in [-0.05, 0) is 0 Å². The second-order valence-electron chi connectivity index (χ2n) is 3.21. The van der Waals surface area contributed by atoms with Crippen LogP contribution in [-0.4, -0.2) is 51.6 Å². The SMILES string of the molecule is O=C1CCOCCO1.O=C1COCCCO1. The van der Waals surface area contributed by atoms with Gasteiger partial charge in [-0.25, -0.2) is 4.79 Å². The quantitative estimate of drug-likeness (QED) is 0.543. The summed E-state index contributed by atoms with van der Waals surface area (Å²) in [5.74, 6) is -0.398. The molecule has 2 heterocycles. The summed E-state index contributed by atoms with van der Waals surface area (Å²) in [6, 6.07) is 0. The van der Waals surface area contributed by atoms with Gasteiger partial charge in [0.1, 0.15) is 13.2 Å². The summed E-state index contributed by atoms with van der Waals surface area (Å²) in [5.41, 5.74) is 0. The van der Waals surface area contributed by atoms with Crippen LogP contribution in [0.4, 0.5) is 0 Å². The lowest BCUT2D eigenvalue weighted by Gasteiger charge is -1.93. The van der Waals surface area contributed by atoms with Crippen LogP contribution in [0.1, 0.15) is 12.8 Å². The average Bonchev–Trinajstić information content (AvgIpc) is 2.64. The highest BCUT2D eigenvalue weighted by atomic mass is 16.6. The molecule has 0 aromatic rings. The van der Waals surface area contributed by atoms with Crippen molar-refractivity contribution in [2.24, 2.45) is 0 Å². The van der Waals surface area contributed by atoms with Crippen molar-refractivity contribution in [1.29, 1.82) is 0 Å². The van der Waals surface area contributed by atoms with Crippen molar-refractivity contribution in [3.05, 3.63) is 0 Å². The van der Waals surface area contributed by atoms with Gasteiger partial charge in [-0.3, -0.25) is 4.79 Å². The fourth-order valence-corrected chi connectivity index (χ4v) is 1.09. The van der Waals surface area contributed by atoms with Gasteiger partial charge >= 0.3 is 11.9 Å². The van der Waals surface area contributed by atoms with Crippen LogP contribution in [0.3, 0.4) is 0 Å². The predicted octanol–water partition coefficient (Wildman–Crippen LogP) is -0.100. The van der Waals surface area contributed by atoms with Crippen molar-refractivity contribution >= 4 is 11.9 Å². The second kappa shape index (κ2) is 8.06. The molecule has 0 aromatic heterocycles. The van der Waals surface area contributed by atoms with E-state index in [2.05, 4.69) is 9.47 Å². The molecule has 0 spiro atoms. The molecule has 0 radical (unpaired) electrons. The Labute approximate surface area is 93.8 Å². The van der Waals surface area contributed by atoms with Gasteiger partial charge in [0, 0.05) is 6.42 Å². The fourth-order valence-electron chi connectivity index (χ4n) is 1.09. The second-order valence-corrected chi connectivity index (χ2v) is 3.21. The lowest BCUT2D eigenvalue weighted by atomic mass is 10.5. The summed E-state index contributed by atoms with van der Waals surface area (Å²) < 4.78 is 19.0. The summed E-state index contributed by atoms with van der Waals surface area (Å²) in [7, 11) is 0. The number of esters is 2. The van der Waals surface area contributed by atoms with E-state index in [4.69, 9.17) is 9.47 Å². The molecule has 0 saturated carbocycles. The van der Waals surface area contributed by atoms with Crippen molar-refractivity contribution in [3.63, 3.8) is 0 Å². The Balaban J connectivity index is 0.000000160. The lowest BCUT2D eigenvalue weighted by molar-refractivity contribution is -0.145. The van der Waals surface area contributed by atoms with Gasteiger partial charge < -0.3 is 18.9 Å². The van der Waals surface area contributed by atoms with E-state index in [-0.39, 0.29) is 18.5 Å². The van der Waals surface area contributed by atoms with Crippen LogP contribution in [0, 0.1) is 0 Å². The first-order valence-corrected chi connectivity index (χ1v) is 5.26. The summed E-state index contributed by atoms with van der Waals surface area (Å²) in [6.07, 6.45) is 1.23. The number of ether oxygens (including phenoxy) is 4. The Kier molecular flexibility index (Phi) is 6.52. The first kappa shape index (κ1) is 12.9. The van der Waals surface area contributed by atoms with Crippen LogP contribution in [0.2, 0.25) is 0 Å². The number of hydrogen-bond donors (Lipinski definition) is 0. The highest BCUT2D eigenvalue weighted by Crippen LogP contribution is 1.93. The molecule has 0 unspecified atom stereocenters. The first-order valence-electron chi connectivity index (χ1n) is 5.26. The third-order valence-corrected chi connectivity index (χ3v) is 1.86. The van der Waals surface area contributed by atoms with E-state index in [0.29, 0.717) is 39.5 Å². The highest BCUT2D eigenvalue weighted by molar-refractivity contribution is 5.70. The average molecular weight is 232 g/mol. The molecule has 92 valence electrons. The zero-order valence-electron chi connectivity index (χ0n) is 9.11. The molecular weight excluding hydrogens is 216 g/mol. The minimum atomic E-state index is -0.248. The third kappa shape index (κ3) is 6.36. The smallest absolute Gasteiger partial charge is 0.332 e. The third-order valence-electron chi connectivity index (χ3n) is 1.86. The van der Waals surface area contributed by atoms with Gasteiger partial charge in [0.05, 0.1) is 32.8 Å². The molecule has 6 nitrogen and oxygen atoms in total. The molecule has 2 aliphatic heterocycles. The van der Waals surface area contributed by atoms with Crippen molar-refractivity contribution < 1.29 is 28.5 Å². The van der Waals surface area contributed by atoms with E-state index in [1.165, 1.54) is 0 Å². The van der Waals surface area contributed by atoms with Crippen molar-refractivity contribution in [2.75, 3.05) is 39.6 Å². The minimum absolute atomic E-state index is 0.125. The normalized spacial score (nSPS) is 21.8. The van der Waals surface area contributed by atoms with Crippen molar-refractivity contribution in [1.82, 2.24) is 0 Å². The van der Waals surface area contributed by atoms with Crippen molar-refractivity contribution in [3.8, 4) is 0 Å². The summed E-state index contributed by atoms with van der Waals surface area (Å²) in [5, 5.41) is 0. The Bertz CT molecular complexity index is 183. The molecule has 2 rings (SSSR count). The highest BCUT2D eigenvalue weighted by Gasteiger charge is 2.06. The van der Waals surface area contributed by atoms with Crippen LogP contribution in [0.5, 0.6) is 0 Å². The summed E-state index contributed by atoms with van der Waals surface area (Å²) in [4.78, 5) is 20.7. The molecule has 0 aliphatic carbocycles. The zero-order valence-corrected chi connectivity index (χ0v) is 9.11. The molecule has 6 heteroatoms. The van der Waals surface area contributed by atoms with E-state index >= 15 is 0 Å². The van der Waals surface area contributed by atoms with Gasteiger partial charge in [0.15, 0.2) is 0 Å². The largest absolute Gasteiger partial charge is 0.464 e. The molecule has 2 fully saturated rings. The molecule has 0 atom stereocenters. The molecule has 0 aromatic carbocycles. The summed E-state index contributed by atoms with van der Waals surface area (Å²) >= 11 is 0. The lowest BCUT2D eigenvalue weighted by Crippen LogP contribution is -2.07. The number of cyclic esters (lactones) is 2.